The Morgan fingerprint density at radius 3 is 2.61 bits per heavy atom. The van der Waals surface area contributed by atoms with Crippen LogP contribution in [0.5, 0.6) is 0 Å². The molecule has 0 saturated carbocycles. The van der Waals surface area contributed by atoms with Gasteiger partial charge < -0.3 is 10.6 Å². The molecule has 164 valence electrons. The standard InChI is InChI=1S/C25H21N5O2S/c31-23(14-22-25(32)28-20-8-4-5-9-21(20)33-22)27-15-18-16-30(19-6-2-1-3-7-19)29-24(18)17-10-12-26-13-11-17/h1-13,16,22H,14-15H2,(H,27,31)(H,28,32). The van der Waals surface area contributed by atoms with E-state index in [1.807, 2.05) is 72.9 Å². The number of hydrogen-bond donors (Lipinski definition) is 2. The van der Waals surface area contributed by atoms with E-state index in [0.717, 1.165) is 33.1 Å². The van der Waals surface area contributed by atoms with Crippen molar-refractivity contribution in [2.45, 2.75) is 23.1 Å². The number of pyridine rings is 1. The Labute approximate surface area is 195 Å². The number of carbonyl (C=O) groups is 2. The minimum atomic E-state index is -0.466. The topological polar surface area (TPSA) is 88.9 Å². The Kier molecular flexibility index (Phi) is 5.91. The number of carbonyl (C=O) groups excluding carboxylic acids is 2. The molecule has 8 heteroatoms. The number of nitrogens with zero attached hydrogens (tertiary/aromatic N) is 3. The van der Waals surface area contributed by atoms with E-state index < -0.39 is 5.25 Å². The number of thioether (sulfide) groups is 1. The molecule has 2 aromatic heterocycles. The summed E-state index contributed by atoms with van der Waals surface area (Å²) in [6.45, 7) is 0.304. The van der Waals surface area contributed by atoms with Crippen LogP contribution < -0.4 is 10.6 Å². The third-order valence-corrected chi connectivity index (χ3v) is 6.59. The fraction of sp³-hybridized carbons (Fsp3) is 0.120. The first-order chi connectivity index (χ1) is 16.2. The van der Waals surface area contributed by atoms with Gasteiger partial charge in [-0.3, -0.25) is 14.6 Å². The van der Waals surface area contributed by atoms with Crippen molar-refractivity contribution in [2.24, 2.45) is 0 Å². The Balaban J connectivity index is 1.31. The number of para-hydroxylation sites is 2. The number of amides is 2. The first-order valence-corrected chi connectivity index (χ1v) is 11.4. The molecule has 1 aliphatic rings. The number of aromatic nitrogens is 3. The number of rotatable bonds is 6. The van der Waals surface area contributed by atoms with Crippen LogP contribution in [0.1, 0.15) is 12.0 Å². The van der Waals surface area contributed by atoms with E-state index >= 15 is 0 Å². The van der Waals surface area contributed by atoms with Crippen molar-refractivity contribution in [2.75, 3.05) is 5.32 Å². The van der Waals surface area contributed by atoms with Gasteiger partial charge in [-0.15, -0.1) is 11.8 Å². The zero-order valence-electron chi connectivity index (χ0n) is 17.6. The predicted octanol–water partition coefficient (Wildman–Crippen LogP) is 4.05. The van der Waals surface area contributed by atoms with Gasteiger partial charge in [0, 0.05) is 47.6 Å². The molecule has 0 radical (unpaired) electrons. The van der Waals surface area contributed by atoms with Crippen LogP contribution in [0.15, 0.2) is 90.2 Å². The maximum atomic E-state index is 12.7. The minimum absolute atomic E-state index is 0.0995. The van der Waals surface area contributed by atoms with Gasteiger partial charge in [0.2, 0.25) is 11.8 Å². The van der Waals surface area contributed by atoms with E-state index in [9.17, 15) is 9.59 Å². The van der Waals surface area contributed by atoms with Crippen LogP contribution in [0, 0.1) is 0 Å². The lowest BCUT2D eigenvalue weighted by molar-refractivity contribution is -0.124. The molecule has 1 atom stereocenters. The normalized spacial score (nSPS) is 14.9. The van der Waals surface area contributed by atoms with Crippen molar-refractivity contribution in [3.05, 3.63) is 90.9 Å². The number of hydrogen-bond acceptors (Lipinski definition) is 5. The first kappa shape index (κ1) is 21.0. The van der Waals surface area contributed by atoms with Gasteiger partial charge in [0.1, 0.15) is 0 Å². The van der Waals surface area contributed by atoms with Gasteiger partial charge in [-0.05, 0) is 36.4 Å². The lowest BCUT2D eigenvalue weighted by Crippen LogP contribution is -2.34. The molecule has 33 heavy (non-hydrogen) atoms. The summed E-state index contributed by atoms with van der Waals surface area (Å²) >= 11 is 1.42. The quantitative estimate of drug-likeness (QED) is 0.458. The molecule has 2 amide bonds. The second-order valence-corrected chi connectivity index (χ2v) is 8.84. The van der Waals surface area contributed by atoms with Gasteiger partial charge in [-0.25, -0.2) is 4.68 Å². The summed E-state index contributed by atoms with van der Waals surface area (Å²) in [5, 5.41) is 10.1. The number of nitrogens with one attached hydrogen (secondary N) is 2. The fourth-order valence-electron chi connectivity index (χ4n) is 3.67. The maximum absolute atomic E-state index is 12.7. The van der Waals surface area contributed by atoms with Crippen LogP contribution in [-0.2, 0) is 16.1 Å². The summed E-state index contributed by atoms with van der Waals surface area (Å²) in [6, 6.07) is 21.2. The van der Waals surface area contributed by atoms with Gasteiger partial charge in [0.15, 0.2) is 0 Å². The first-order valence-electron chi connectivity index (χ1n) is 10.5. The Bertz CT molecular complexity index is 1290. The van der Waals surface area contributed by atoms with Crippen molar-refractivity contribution in [1.82, 2.24) is 20.1 Å². The number of fused-ring (bicyclic) bond motifs is 1. The van der Waals surface area contributed by atoms with Gasteiger partial charge >= 0.3 is 0 Å². The summed E-state index contributed by atoms with van der Waals surface area (Å²) in [6.07, 6.45) is 5.46. The van der Waals surface area contributed by atoms with E-state index in [-0.39, 0.29) is 18.2 Å². The molecule has 0 spiro atoms. The second kappa shape index (κ2) is 9.30. The van der Waals surface area contributed by atoms with Crippen LogP contribution in [0.25, 0.3) is 16.9 Å². The molecule has 5 rings (SSSR count). The molecule has 2 N–H and O–H groups in total. The van der Waals surface area contributed by atoms with Crippen LogP contribution in [0.4, 0.5) is 5.69 Å². The summed E-state index contributed by atoms with van der Waals surface area (Å²) in [5.74, 6) is -0.335. The largest absolute Gasteiger partial charge is 0.352 e. The van der Waals surface area contributed by atoms with Gasteiger partial charge in [0.25, 0.3) is 0 Å². The van der Waals surface area contributed by atoms with E-state index in [2.05, 4.69) is 15.6 Å². The third-order valence-electron chi connectivity index (χ3n) is 5.32. The Morgan fingerprint density at radius 2 is 1.79 bits per heavy atom. The Morgan fingerprint density at radius 1 is 1.03 bits per heavy atom. The molecular weight excluding hydrogens is 434 g/mol. The average molecular weight is 456 g/mol. The number of anilines is 1. The van der Waals surface area contributed by atoms with Gasteiger partial charge in [0.05, 0.1) is 22.3 Å². The van der Waals surface area contributed by atoms with E-state index in [1.165, 1.54) is 11.8 Å². The monoisotopic (exact) mass is 455 g/mol. The summed E-state index contributed by atoms with van der Waals surface area (Å²) < 4.78 is 1.80. The zero-order valence-corrected chi connectivity index (χ0v) is 18.5. The summed E-state index contributed by atoms with van der Waals surface area (Å²) in [5.41, 5.74) is 4.30. The molecule has 0 fully saturated rings. The lowest BCUT2D eigenvalue weighted by atomic mass is 10.1. The van der Waals surface area contributed by atoms with Gasteiger partial charge in [-0.2, -0.15) is 5.10 Å². The van der Waals surface area contributed by atoms with Crippen molar-refractivity contribution < 1.29 is 9.59 Å². The highest BCUT2D eigenvalue weighted by molar-refractivity contribution is 8.01. The minimum Gasteiger partial charge on any atom is -0.352 e. The molecular formula is C25H21N5O2S. The molecule has 4 aromatic rings. The van der Waals surface area contributed by atoms with E-state index in [1.54, 1.807) is 17.1 Å². The summed E-state index contributed by atoms with van der Waals surface area (Å²) in [4.78, 5) is 30.2. The highest BCUT2D eigenvalue weighted by atomic mass is 32.2. The number of benzene rings is 2. The SMILES string of the molecule is O=C(CC1Sc2ccccc2NC1=O)NCc1cn(-c2ccccc2)nc1-c1ccncc1. The van der Waals surface area contributed by atoms with Crippen molar-refractivity contribution in [3.63, 3.8) is 0 Å². The van der Waals surface area contributed by atoms with Crippen LogP contribution in [0.2, 0.25) is 0 Å². The lowest BCUT2D eigenvalue weighted by Gasteiger charge is -2.23. The van der Waals surface area contributed by atoms with Crippen LogP contribution in [0.3, 0.4) is 0 Å². The molecule has 1 aliphatic heterocycles. The molecule has 0 bridgehead atoms. The Hall–Kier alpha value is -3.91. The van der Waals surface area contributed by atoms with E-state index in [0.29, 0.717) is 6.54 Å². The molecule has 3 heterocycles. The van der Waals surface area contributed by atoms with Crippen molar-refractivity contribution in [1.29, 1.82) is 0 Å². The van der Waals surface area contributed by atoms with Crippen molar-refractivity contribution >= 4 is 29.3 Å². The highest BCUT2D eigenvalue weighted by Gasteiger charge is 2.28. The molecule has 2 aromatic carbocycles. The van der Waals surface area contributed by atoms with Crippen molar-refractivity contribution in [3.8, 4) is 16.9 Å². The third kappa shape index (κ3) is 4.65. The molecule has 0 saturated heterocycles. The molecule has 1 unspecified atom stereocenters. The maximum Gasteiger partial charge on any atom is 0.238 e. The fourth-order valence-corrected chi connectivity index (χ4v) is 4.78. The van der Waals surface area contributed by atoms with Crippen LogP contribution >= 0.6 is 11.8 Å². The molecule has 0 aliphatic carbocycles. The predicted molar refractivity (Wildman–Crippen MR) is 128 cm³/mol. The smallest absolute Gasteiger partial charge is 0.238 e. The zero-order chi connectivity index (χ0) is 22.6. The van der Waals surface area contributed by atoms with Gasteiger partial charge in [-0.1, -0.05) is 30.3 Å². The average Bonchev–Trinajstić information content (AvgIpc) is 3.29. The highest BCUT2D eigenvalue weighted by Crippen LogP contribution is 2.36. The van der Waals surface area contributed by atoms with Crippen LogP contribution in [-0.4, -0.2) is 31.8 Å². The molecule has 7 nitrogen and oxygen atoms in total. The summed E-state index contributed by atoms with van der Waals surface area (Å²) in [7, 11) is 0. The van der Waals surface area contributed by atoms with E-state index in [4.69, 9.17) is 5.10 Å². The second-order valence-electron chi connectivity index (χ2n) is 7.59.